The van der Waals surface area contributed by atoms with Crippen molar-refractivity contribution in [3.63, 3.8) is 0 Å². The minimum Gasteiger partial charge on any atom is -0.494 e. The van der Waals surface area contributed by atoms with Gasteiger partial charge >= 0.3 is 6.02 Å². The van der Waals surface area contributed by atoms with Crippen LogP contribution >= 0.6 is 0 Å². The van der Waals surface area contributed by atoms with E-state index in [0.717, 1.165) is 12.2 Å². The lowest BCUT2D eigenvalue weighted by Gasteiger charge is -2.10. The van der Waals surface area contributed by atoms with Gasteiger partial charge in [0.1, 0.15) is 12.4 Å². The maximum Gasteiger partial charge on any atom is 0.332 e. The molecule has 0 radical (unpaired) electrons. The molecular weight excluding hydrogens is 256 g/mol. The van der Waals surface area contributed by atoms with E-state index >= 15 is 0 Å². The van der Waals surface area contributed by atoms with Crippen LogP contribution in [0.15, 0.2) is 39.6 Å². The van der Waals surface area contributed by atoms with E-state index in [9.17, 15) is 0 Å². The molecule has 0 unspecified atom stereocenters. The molecular formula is C14H20N4O2. The van der Waals surface area contributed by atoms with Gasteiger partial charge in [-0.15, -0.1) is 0 Å². The Balaban J connectivity index is 1.80. The van der Waals surface area contributed by atoms with E-state index in [1.54, 1.807) is 0 Å². The highest BCUT2D eigenvalue weighted by Crippen LogP contribution is 2.20. The Bertz CT molecular complexity index is 500. The zero-order valence-corrected chi connectivity index (χ0v) is 11.8. The second kappa shape index (κ2) is 6.88. The van der Waals surface area contributed by atoms with Crippen LogP contribution in [0.4, 0.5) is 0 Å². The topological polar surface area (TPSA) is 81.6 Å². The average molecular weight is 276 g/mol. The van der Waals surface area contributed by atoms with Crippen molar-refractivity contribution in [2.45, 2.75) is 32.2 Å². The highest BCUT2D eigenvalue weighted by molar-refractivity contribution is 5.75. The minimum absolute atomic E-state index is 0.0591. The minimum atomic E-state index is 0.0591. The number of nitrogens with zero attached hydrogens (tertiary/aromatic N) is 3. The van der Waals surface area contributed by atoms with E-state index in [4.69, 9.17) is 15.3 Å². The normalized spacial score (nSPS) is 18.4. The van der Waals surface area contributed by atoms with E-state index in [-0.39, 0.29) is 12.1 Å². The summed E-state index contributed by atoms with van der Waals surface area (Å²) in [6.07, 6.45) is 0.773. The SMILES string of the molecule is CC(C)c1cccc(OCC[C@H]2COC(N=NN)=N2)c1. The highest BCUT2D eigenvalue weighted by atomic mass is 16.5. The first-order valence-corrected chi connectivity index (χ1v) is 6.73. The molecule has 108 valence electrons. The van der Waals surface area contributed by atoms with Crippen molar-refractivity contribution in [3.05, 3.63) is 29.8 Å². The maximum absolute atomic E-state index is 5.75. The Morgan fingerprint density at radius 3 is 3.10 bits per heavy atom. The van der Waals surface area contributed by atoms with Crippen LogP contribution in [0, 0.1) is 0 Å². The van der Waals surface area contributed by atoms with Crippen LogP contribution in [0.2, 0.25) is 0 Å². The van der Waals surface area contributed by atoms with E-state index in [1.165, 1.54) is 5.56 Å². The molecule has 1 aliphatic rings. The molecule has 0 aromatic heterocycles. The Kier molecular flexibility index (Phi) is 4.92. The number of aliphatic imine (C=N–C) groups is 1. The van der Waals surface area contributed by atoms with Crippen molar-refractivity contribution >= 4 is 6.02 Å². The van der Waals surface area contributed by atoms with Crippen molar-refractivity contribution in [2.75, 3.05) is 13.2 Å². The quantitative estimate of drug-likeness (QED) is 0.510. The molecule has 0 bridgehead atoms. The van der Waals surface area contributed by atoms with Crippen LogP contribution < -0.4 is 10.6 Å². The van der Waals surface area contributed by atoms with Gasteiger partial charge in [0.15, 0.2) is 0 Å². The monoisotopic (exact) mass is 276 g/mol. The third-order valence-electron chi connectivity index (χ3n) is 3.09. The van der Waals surface area contributed by atoms with Crippen LogP contribution in [-0.4, -0.2) is 25.3 Å². The van der Waals surface area contributed by atoms with Crippen molar-refractivity contribution in [3.8, 4) is 5.75 Å². The lowest BCUT2D eigenvalue weighted by molar-refractivity contribution is 0.263. The number of hydrogen-bond donors (Lipinski definition) is 1. The average Bonchev–Trinajstić information content (AvgIpc) is 2.87. The van der Waals surface area contributed by atoms with E-state index in [0.29, 0.717) is 19.1 Å². The Morgan fingerprint density at radius 2 is 2.35 bits per heavy atom. The van der Waals surface area contributed by atoms with Gasteiger partial charge in [-0.3, -0.25) is 0 Å². The van der Waals surface area contributed by atoms with Crippen molar-refractivity contribution in [1.29, 1.82) is 0 Å². The molecule has 20 heavy (non-hydrogen) atoms. The van der Waals surface area contributed by atoms with Gasteiger partial charge < -0.3 is 15.3 Å². The molecule has 1 heterocycles. The number of rotatable bonds is 5. The zero-order chi connectivity index (χ0) is 14.4. The molecule has 2 N–H and O–H groups in total. The smallest absolute Gasteiger partial charge is 0.332 e. The number of benzene rings is 1. The summed E-state index contributed by atoms with van der Waals surface area (Å²) < 4.78 is 11.0. The first kappa shape index (κ1) is 14.3. The lowest BCUT2D eigenvalue weighted by atomic mass is 10.0. The second-order valence-electron chi connectivity index (χ2n) is 4.96. The van der Waals surface area contributed by atoms with E-state index in [1.807, 2.05) is 12.1 Å². The summed E-state index contributed by atoms with van der Waals surface area (Å²) in [5.41, 5.74) is 1.27. The van der Waals surface area contributed by atoms with E-state index in [2.05, 4.69) is 41.3 Å². The molecule has 6 nitrogen and oxygen atoms in total. The first-order chi connectivity index (χ1) is 9.69. The van der Waals surface area contributed by atoms with E-state index < -0.39 is 0 Å². The predicted molar refractivity (Wildman–Crippen MR) is 76.9 cm³/mol. The molecule has 1 aromatic carbocycles. The Labute approximate surface area is 118 Å². The van der Waals surface area contributed by atoms with Gasteiger partial charge in [-0.1, -0.05) is 36.3 Å². The third kappa shape index (κ3) is 3.94. The molecule has 6 heteroatoms. The molecule has 0 fully saturated rings. The molecule has 0 amide bonds. The summed E-state index contributed by atoms with van der Waals surface area (Å²) in [6.45, 7) is 5.42. The fraction of sp³-hybridized carbons (Fsp3) is 0.500. The van der Waals surface area contributed by atoms with Gasteiger partial charge in [0.25, 0.3) is 0 Å². The summed E-state index contributed by atoms with van der Waals surface area (Å²) >= 11 is 0. The first-order valence-electron chi connectivity index (χ1n) is 6.73. The van der Waals surface area contributed by atoms with Crippen LogP contribution in [0.5, 0.6) is 5.75 Å². The van der Waals surface area contributed by atoms with Crippen LogP contribution in [0.25, 0.3) is 0 Å². The van der Waals surface area contributed by atoms with Crippen molar-refractivity contribution in [1.82, 2.24) is 0 Å². The lowest BCUT2D eigenvalue weighted by Crippen LogP contribution is -2.11. The number of ether oxygens (including phenoxy) is 2. The standard InChI is InChI=1S/C14H20N4O2/c1-10(2)11-4-3-5-13(8-11)19-7-6-12-9-20-14(16-12)17-18-15/h3-5,8,10,12H,6-7,9H2,1-2H3,(H2,15,16,17)/t12-/m0/s1. The van der Waals surface area contributed by atoms with Crippen LogP contribution in [0.1, 0.15) is 31.7 Å². The molecule has 1 atom stereocenters. The molecule has 0 aliphatic carbocycles. The number of amidine groups is 1. The molecule has 0 saturated carbocycles. The van der Waals surface area contributed by atoms with Gasteiger partial charge in [-0.2, -0.15) is 0 Å². The Morgan fingerprint density at radius 1 is 1.50 bits per heavy atom. The molecule has 1 aliphatic heterocycles. The molecule has 0 spiro atoms. The molecule has 2 rings (SSSR count). The van der Waals surface area contributed by atoms with Gasteiger partial charge in [-0.25, -0.2) is 4.99 Å². The van der Waals surface area contributed by atoms with Gasteiger partial charge in [0.2, 0.25) is 0 Å². The zero-order valence-electron chi connectivity index (χ0n) is 11.8. The summed E-state index contributed by atoms with van der Waals surface area (Å²) in [5, 5.41) is 6.70. The summed E-state index contributed by atoms with van der Waals surface area (Å²) in [5.74, 6) is 6.33. The molecule has 0 saturated heterocycles. The largest absolute Gasteiger partial charge is 0.494 e. The summed E-state index contributed by atoms with van der Waals surface area (Å²) in [6, 6.07) is 8.47. The van der Waals surface area contributed by atoms with Crippen molar-refractivity contribution < 1.29 is 9.47 Å². The summed E-state index contributed by atoms with van der Waals surface area (Å²) in [7, 11) is 0. The second-order valence-corrected chi connectivity index (χ2v) is 4.96. The number of hydrogen-bond acceptors (Lipinski definition) is 5. The van der Waals surface area contributed by atoms with Gasteiger partial charge in [0.05, 0.1) is 12.6 Å². The Hall–Kier alpha value is -2.11. The highest BCUT2D eigenvalue weighted by Gasteiger charge is 2.18. The fourth-order valence-electron chi connectivity index (χ4n) is 1.93. The van der Waals surface area contributed by atoms with Crippen molar-refractivity contribution in [2.24, 2.45) is 21.2 Å². The van der Waals surface area contributed by atoms with Gasteiger partial charge in [0, 0.05) is 6.42 Å². The maximum atomic E-state index is 5.75. The van der Waals surface area contributed by atoms with Crippen LogP contribution in [-0.2, 0) is 4.74 Å². The molecule has 1 aromatic rings. The van der Waals surface area contributed by atoms with Crippen LogP contribution in [0.3, 0.4) is 0 Å². The summed E-state index contributed by atoms with van der Waals surface area (Å²) in [4.78, 5) is 4.23. The number of nitrogens with two attached hydrogens (primary N) is 1. The third-order valence-corrected chi connectivity index (χ3v) is 3.09. The van der Waals surface area contributed by atoms with Gasteiger partial charge in [-0.05, 0) is 23.6 Å². The predicted octanol–water partition coefficient (Wildman–Crippen LogP) is 2.66. The fourth-order valence-corrected chi connectivity index (χ4v) is 1.93.